The number of fused-ring (bicyclic) bond motifs is 2. The fraction of sp³-hybridized carbons (Fsp3) is 0.842. The molecule has 1 fully saturated rings. The van der Waals surface area contributed by atoms with E-state index in [1.807, 2.05) is 4.68 Å². The number of nitrogens with zero attached hydrogens (tertiary/aromatic N) is 3. The number of carbonyl (C=O) groups excluding carboxylic acids is 1. The van der Waals surface area contributed by atoms with Crippen molar-refractivity contribution in [3.05, 3.63) is 11.4 Å². The minimum Gasteiger partial charge on any atom is -0.465 e. The second kappa shape index (κ2) is 9.46. The first-order valence-corrected chi connectivity index (χ1v) is 9.88. The smallest absolute Gasteiger partial charge is 0.305 e. The standard InChI is InChI=1S/C19H31N3O4/c1-3-22-18-9-7-15-14(6-8-17(18)20-21-22)16(15)13-26-19(23)5-4-10-25-12-11-24-2/h14-16H,3-13H2,1-2H3. The molecule has 1 heterocycles. The molecule has 0 amide bonds. The Morgan fingerprint density at radius 1 is 1.19 bits per heavy atom. The molecule has 0 aromatic carbocycles. The molecule has 1 saturated carbocycles. The summed E-state index contributed by atoms with van der Waals surface area (Å²) in [6.07, 6.45) is 5.46. The second-order valence-corrected chi connectivity index (χ2v) is 7.26. The van der Waals surface area contributed by atoms with Crippen molar-refractivity contribution in [3.63, 3.8) is 0 Å². The van der Waals surface area contributed by atoms with Gasteiger partial charge in [0.25, 0.3) is 0 Å². The number of aryl methyl sites for hydroxylation is 2. The Labute approximate surface area is 155 Å². The molecule has 1 aromatic rings. The molecule has 0 bridgehead atoms. The van der Waals surface area contributed by atoms with Crippen LogP contribution in [0.25, 0.3) is 0 Å². The third-order valence-corrected chi connectivity index (χ3v) is 5.69. The van der Waals surface area contributed by atoms with E-state index in [1.54, 1.807) is 7.11 Å². The summed E-state index contributed by atoms with van der Waals surface area (Å²) >= 11 is 0. The lowest BCUT2D eigenvalue weighted by molar-refractivity contribution is -0.144. The minimum absolute atomic E-state index is 0.105. The fourth-order valence-corrected chi connectivity index (χ4v) is 4.15. The van der Waals surface area contributed by atoms with Crippen molar-refractivity contribution in [1.29, 1.82) is 0 Å². The first-order valence-electron chi connectivity index (χ1n) is 9.88. The Morgan fingerprint density at radius 3 is 2.77 bits per heavy atom. The van der Waals surface area contributed by atoms with Crippen LogP contribution in [0.15, 0.2) is 0 Å². The van der Waals surface area contributed by atoms with Crippen LogP contribution >= 0.6 is 0 Å². The highest BCUT2D eigenvalue weighted by Crippen LogP contribution is 2.52. The van der Waals surface area contributed by atoms with Crippen molar-refractivity contribution in [2.45, 2.75) is 52.0 Å². The lowest BCUT2D eigenvalue weighted by atomic mass is 10.0. The lowest BCUT2D eigenvalue weighted by Gasteiger charge is -2.09. The van der Waals surface area contributed by atoms with E-state index < -0.39 is 0 Å². The monoisotopic (exact) mass is 365 g/mol. The molecule has 3 unspecified atom stereocenters. The minimum atomic E-state index is -0.105. The zero-order valence-corrected chi connectivity index (χ0v) is 16.0. The fourth-order valence-electron chi connectivity index (χ4n) is 4.15. The van der Waals surface area contributed by atoms with Gasteiger partial charge in [-0.05, 0) is 56.8 Å². The van der Waals surface area contributed by atoms with Gasteiger partial charge in [-0.25, -0.2) is 4.68 Å². The van der Waals surface area contributed by atoms with Crippen LogP contribution in [-0.2, 0) is 38.4 Å². The van der Waals surface area contributed by atoms with Gasteiger partial charge < -0.3 is 14.2 Å². The molecular formula is C19H31N3O4. The molecule has 7 heteroatoms. The average Bonchev–Trinajstić information content (AvgIpc) is 3.13. The number of hydrogen-bond donors (Lipinski definition) is 0. The molecule has 0 radical (unpaired) electrons. The number of carbonyl (C=O) groups is 1. The summed E-state index contributed by atoms with van der Waals surface area (Å²) in [5.74, 6) is 1.80. The summed E-state index contributed by atoms with van der Waals surface area (Å²) in [4.78, 5) is 11.9. The quantitative estimate of drug-likeness (QED) is 0.466. The van der Waals surface area contributed by atoms with Crippen LogP contribution in [0.5, 0.6) is 0 Å². The van der Waals surface area contributed by atoms with Crippen molar-refractivity contribution in [2.24, 2.45) is 17.8 Å². The van der Waals surface area contributed by atoms with E-state index in [-0.39, 0.29) is 5.97 Å². The van der Waals surface area contributed by atoms with Crippen molar-refractivity contribution >= 4 is 5.97 Å². The van der Waals surface area contributed by atoms with Gasteiger partial charge in [0.05, 0.1) is 31.2 Å². The van der Waals surface area contributed by atoms with Crippen LogP contribution in [0.1, 0.15) is 44.0 Å². The maximum atomic E-state index is 11.9. The van der Waals surface area contributed by atoms with Gasteiger partial charge >= 0.3 is 5.97 Å². The Kier molecular flexibility index (Phi) is 7.02. The van der Waals surface area contributed by atoms with Gasteiger partial charge in [0.15, 0.2) is 0 Å². The summed E-state index contributed by atoms with van der Waals surface area (Å²) in [6.45, 7) is 5.30. The highest BCUT2D eigenvalue weighted by atomic mass is 16.5. The summed E-state index contributed by atoms with van der Waals surface area (Å²) in [6, 6.07) is 0. The Balaban J connectivity index is 1.34. The summed E-state index contributed by atoms with van der Waals surface area (Å²) in [5, 5.41) is 8.60. The van der Waals surface area contributed by atoms with Crippen LogP contribution in [0.3, 0.4) is 0 Å². The van der Waals surface area contributed by atoms with Crippen LogP contribution in [0.2, 0.25) is 0 Å². The van der Waals surface area contributed by atoms with E-state index in [4.69, 9.17) is 14.2 Å². The maximum Gasteiger partial charge on any atom is 0.305 e. The molecule has 2 aliphatic rings. The SMILES string of the molecule is CCn1nnc2c1CCC1C(CC2)C1COC(=O)CCCOCCOC. The summed E-state index contributed by atoms with van der Waals surface area (Å²) in [7, 11) is 1.65. The second-order valence-electron chi connectivity index (χ2n) is 7.26. The normalized spacial score (nSPS) is 24.3. The van der Waals surface area contributed by atoms with Gasteiger partial charge in [0, 0.05) is 26.7 Å². The van der Waals surface area contributed by atoms with E-state index in [9.17, 15) is 4.79 Å². The summed E-state index contributed by atoms with van der Waals surface area (Å²) < 4.78 is 17.8. The number of hydrogen-bond acceptors (Lipinski definition) is 6. The highest BCUT2D eigenvalue weighted by molar-refractivity contribution is 5.69. The van der Waals surface area contributed by atoms with Crippen LogP contribution in [-0.4, -0.2) is 54.5 Å². The highest BCUT2D eigenvalue weighted by Gasteiger charge is 2.50. The predicted octanol–water partition coefficient (Wildman–Crippen LogP) is 2.03. The van der Waals surface area contributed by atoms with Crippen LogP contribution in [0.4, 0.5) is 0 Å². The van der Waals surface area contributed by atoms with Crippen molar-refractivity contribution in [2.75, 3.05) is 33.5 Å². The number of esters is 1. The van der Waals surface area contributed by atoms with Crippen molar-refractivity contribution < 1.29 is 19.0 Å². The molecular weight excluding hydrogens is 334 g/mol. The molecule has 2 aliphatic carbocycles. The maximum absolute atomic E-state index is 11.9. The molecule has 7 nitrogen and oxygen atoms in total. The van der Waals surface area contributed by atoms with Gasteiger partial charge in [-0.2, -0.15) is 0 Å². The molecule has 0 aliphatic heterocycles. The molecule has 26 heavy (non-hydrogen) atoms. The first-order chi connectivity index (χ1) is 12.7. The number of aromatic nitrogens is 3. The van der Waals surface area contributed by atoms with E-state index >= 15 is 0 Å². The van der Waals surface area contributed by atoms with Crippen LogP contribution in [0, 0.1) is 17.8 Å². The largest absolute Gasteiger partial charge is 0.465 e. The summed E-state index contributed by atoms with van der Waals surface area (Å²) in [5.41, 5.74) is 2.48. The Bertz CT molecular complexity index is 589. The van der Waals surface area contributed by atoms with Gasteiger partial charge in [0.2, 0.25) is 0 Å². The molecule has 146 valence electrons. The zero-order chi connectivity index (χ0) is 18.4. The third-order valence-electron chi connectivity index (χ3n) is 5.69. The lowest BCUT2D eigenvalue weighted by Crippen LogP contribution is -2.10. The molecule has 0 saturated heterocycles. The molecule has 3 rings (SSSR count). The van der Waals surface area contributed by atoms with E-state index in [1.165, 1.54) is 11.4 Å². The number of rotatable bonds is 10. The number of methoxy groups -OCH3 is 1. The third kappa shape index (κ3) is 4.82. The van der Waals surface area contributed by atoms with Gasteiger partial charge in [0.1, 0.15) is 0 Å². The van der Waals surface area contributed by atoms with E-state index in [0.717, 1.165) is 32.2 Å². The molecule has 0 spiro atoms. The zero-order valence-electron chi connectivity index (χ0n) is 16.0. The van der Waals surface area contributed by atoms with E-state index in [2.05, 4.69) is 17.2 Å². The average molecular weight is 365 g/mol. The van der Waals surface area contributed by atoms with Crippen molar-refractivity contribution in [1.82, 2.24) is 15.0 Å². The molecule has 1 aromatic heterocycles. The van der Waals surface area contributed by atoms with Crippen LogP contribution < -0.4 is 0 Å². The topological polar surface area (TPSA) is 75.5 Å². The van der Waals surface area contributed by atoms with E-state index in [0.29, 0.717) is 57.0 Å². The molecule has 3 atom stereocenters. The number of ether oxygens (including phenoxy) is 3. The molecule has 0 N–H and O–H groups in total. The van der Waals surface area contributed by atoms with Gasteiger partial charge in [-0.15, -0.1) is 5.10 Å². The van der Waals surface area contributed by atoms with Gasteiger partial charge in [-0.1, -0.05) is 5.21 Å². The van der Waals surface area contributed by atoms with Gasteiger partial charge in [-0.3, -0.25) is 4.79 Å². The Morgan fingerprint density at radius 2 is 2.00 bits per heavy atom. The first kappa shape index (κ1) is 19.3. The Hall–Kier alpha value is -1.47. The predicted molar refractivity (Wildman–Crippen MR) is 95.7 cm³/mol. The van der Waals surface area contributed by atoms with Crippen molar-refractivity contribution in [3.8, 4) is 0 Å².